The van der Waals surface area contributed by atoms with Gasteiger partial charge in [0.1, 0.15) is 0 Å². The quantitative estimate of drug-likeness (QED) is 0.678. The summed E-state index contributed by atoms with van der Waals surface area (Å²) < 4.78 is 4.85. The van der Waals surface area contributed by atoms with Crippen molar-refractivity contribution in [2.24, 2.45) is 0 Å². The van der Waals surface area contributed by atoms with Crippen molar-refractivity contribution in [1.29, 1.82) is 0 Å². The highest BCUT2D eigenvalue weighted by molar-refractivity contribution is 5.92. The summed E-state index contributed by atoms with van der Waals surface area (Å²) in [4.78, 5) is 16.6. The highest BCUT2D eigenvalue weighted by Gasteiger charge is 2.12. The van der Waals surface area contributed by atoms with Crippen molar-refractivity contribution in [3.63, 3.8) is 0 Å². The summed E-state index contributed by atoms with van der Waals surface area (Å²) in [5.41, 5.74) is 3.93. The van der Waals surface area contributed by atoms with E-state index < -0.39 is 0 Å². The molecule has 22 heavy (non-hydrogen) atoms. The van der Waals surface area contributed by atoms with Crippen molar-refractivity contribution in [3.8, 4) is 22.5 Å². The van der Waals surface area contributed by atoms with E-state index >= 15 is 0 Å². The van der Waals surface area contributed by atoms with Crippen LogP contribution in [0.2, 0.25) is 0 Å². The molecule has 1 aromatic heterocycles. The average Bonchev–Trinajstić information content (AvgIpc) is 2.62. The van der Waals surface area contributed by atoms with Crippen molar-refractivity contribution in [1.82, 2.24) is 4.98 Å². The third kappa shape index (κ3) is 2.88. The molecule has 0 atom stereocenters. The van der Waals surface area contributed by atoms with Crippen LogP contribution in [0.25, 0.3) is 22.5 Å². The molecule has 108 valence electrons. The minimum absolute atomic E-state index is 0.364. The Hall–Kier alpha value is -2.94. The Bertz CT molecular complexity index is 725. The fourth-order valence-corrected chi connectivity index (χ4v) is 2.28. The van der Waals surface area contributed by atoms with E-state index in [9.17, 15) is 4.79 Å². The van der Waals surface area contributed by atoms with Crippen molar-refractivity contribution in [2.75, 3.05) is 7.11 Å². The number of benzene rings is 2. The van der Waals surface area contributed by atoms with Gasteiger partial charge in [-0.25, -0.2) is 9.78 Å². The van der Waals surface area contributed by atoms with Gasteiger partial charge in [0.2, 0.25) is 0 Å². The lowest BCUT2D eigenvalue weighted by Gasteiger charge is -2.08. The molecule has 3 nitrogen and oxygen atoms in total. The number of carbonyl (C=O) groups is 1. The zero-order chi connectivity index (χ0) is 15.4. The summed E-state index contributed by atoms with van der Waals surface area (Å²) >= 11 is 0. The fraction of sp³-hybridized carbons (Fsp3) is 0.0526. The standard InChI is InChI=1S/C19H15NO2/c1-22-19(21)16-12-17(14-8-4-2-5-9-14)20-18(13-16)15-10-6-3-7-11-15/h2-13H,1H3. The van der Waals surface area contributed by atoms with Gasteiger partial charge in [0.25, 0.3) is 0 Å². The summed E-state index contributed by atoms with van der Waals surface area (Å²) in [6, 6.07) is 23.1. The summed E-state index contributed by atoms with van der Waals surface area (Å²) in [6.45, 7) is 0. The Morgan fingerprint density at radius 3 is 1.68 bits per heavy atom. The molecule has 0 aliphatic carbocycles. The van der Waals surface area contributed by atoms with E-state index in [0.29, 0.717) is 5.56 Å². The van der Waals surface area contributed by atoms with Crippen LogP contribution in [0.4, 0.5) is 0 Å². The number of rotatable bonds is 3. The topological polar surface area (TPSA) is 39.2 Å². The number of nitrogens with zero attached hydrogens (tertiary/aromatic N) is 1. The molecule has 0 unspecified atom stereocenters. The Kier molecular flexibility index (Phi) is 3.97. The number of ether oxygens (including phenoxy) is 1. The second-order valence-corrected chi connectivity index (χ2v) is 4.85. The maximum Gasteiger partial charge on any atom is 0.338 e. The molecule has 0 saturated carbocycles. The largest absolute Gasteiger partial charge is 0.465 e. The summed E-state index contributed by atoms with van der Waals surface area (Å²) in [6.07, 6.45) is 0. The first-order valence-electron chi connectivity index (χ1n) is 6.99. The number of pyridine rings is 1. The van der Waals surface area contributed by atoms with E-state index in [0.717, 1.165) is 22.5 Å². The van der Waals surface area contributed by atoms with Crippen LogP contribution < -0.4 is 0 Å². The molecule has 0 bridgehead atoms. The minimum atomic E-state index is -0.364. The summed E-state index contributed by atoms with van der Waals surface area (Å²) in [5, 5.41) is 0. The SMILES string of the molecule is COC(=O)c1cc(-c2ccccc2)nc(-c2ccccc2)c1. The van der Waals surface area contributed by atoms with Crippen LogP contribution in [-0.2, 0) is 4.74 Å². The van der Waals surface area contributed by atoms with Gasteiger partial charge in [-0.05, 0) is 12.1 Å². The number of esters is 1. The lowest BCUT2D eigenvalue weighted by atomic mass is 10.0. The molecular weight excluding hydrogens is 274 g/mol. The van der Waals surface area contributed by atoms with E-state index in [1.165, 1.54) is 7.11 Å². The minimum Gasteiger partial charge on any atom is -0.465 e. The van der Waals surface area contributed by atoms with Gasteiger partial charge in [-0.2, -0.15) is 0 Å². The van der Waals surface area contributed by atoms with Crippen LogP contribution in [0, 0.1) is 0 Å². The molecule has 0 radical (unpaired) electrons. The molecule has 3 heteroatoms. The molecule has 1 heterocycles. The van der Waals surface area contributed by atoms with Crippen molar-refractivity contribution >= 4 is 5.97 Å². The van der Waals surface area contributed by atoms with Gasteiger partial charge in [0.05, 0.1) is 24.1 Å². The zero-order valence-electron chi connectivity index (χ0n) is 12.2. The highest BCUT2D eigenvalue weighted by Crippen LogP contribution is 2.25. The molecule has 3 aromatic rings. The van der Waals surface area contributed by atoms with Crippen LogP contribution in [0.15, 0.2) is 72.8 Å². The molecule has 0 aliphatic rings. The lowest BCUT2D eigenvalue weighted by Crippen LogP contribution is -2.03. The molecule has 2 aromatic carbocycles. The molecule has 0 aliphatic heterocycles. The van der Waals surface area contributed by atoms with E-state index in [1.54, 1.807) is 12.1 Å². The summed E-state index contributed by atoms with van der Waals surface area (Å²) in [5.74, 6) is -0.364. The Morgan fingerprint density at radius 1 is 0.818 bits per heavy atom. The second kappa shape index (κ2) is 6.22. The first-order valence-corrected chi connectivity index (χ1v) is 6.99. The molecule has 0 fully saturated rings. The first kappa shape index (κ1) is 14.0. The smallest absolute Gasteiger partial charge is 0.338 e. The Morgan fingerprint density at radius 2 is 1.27 bits per heavy atom. The van der Waals surface area contributed by atoms with Gasteiger partial charge in [0, 0.05) is 11.1 Å². The van der Waals surface area contributed by atoms with Crippen LogP contribution in [-0.4, -0.2) is 18.1 Å². The fourth-order valence-electron chi connectivity index (χ4n) is 2.28. The van der Waals surface area contributed by atoms with Crippen LogP contribution in [0.5, 0.6) is 0 Å². The number of carbonyl (C=O) groups excluding carboxylic acids is 1. The van der Waals surface area contributed by atoms with E-state index in [1.807, 2.05) is 60.7 Å². The number of methoxy groups -OCH3 is 1. The van der Waals surface area contributed by atoms with Crippen molar-refractivity contribution < 1.29 is 9.53 Å². The van der Waals surface area contributed by atoms with Crippen LogP contribution in [0.3, 0.4) is 0 Å². The number of aromatic nitrogens is 1. The van der Waals surface area contributed by atoms with Gasteiger partial charge in [0.15, 0.2) is 0 Å². The maximum atomic E-state index is 11.9. The molecule has 0 N–H and O–H groups in total. The highest BCUT2D eigenvalue weighted by atomic mass is 16.5. The van der Waals surface area contributed by atoms with E-state index in [2.05, 4.69) is 4.98 Å². The molecule has 0 amide bonds. The monoisotopic (exact) mass is 289 g/mol. The van der Waals surface area contributed by atoms with E-state index in [-0.39, 0.29) is 5.97 Å². The van der Waals surface area contributed by atoms with Crippen molar-refractivity contribution in [3.05, 3.63) is 78.4 Å². The second-order valence-electron chi connectivity index (χ2n) is 4.85. The Labute approximate surface area is 129 Å². The third-order valence-corrected chi connectivity index (χ3v) is 3.39. The van der Waals surface area contributed by atoms with Crippen LogP contribution in [0.1, 0.15) is 10.4 Å². The van der Waals surface area contributed by atoms with Gasteiger partial charge < -0.3 is 4.74 Å². The third-order valence-electron chi connectivity index (χ3n) is 3.39. The van der Waals surface area contributed by atoms with Crippen molar-refractivity contribution in [2.45, 2.75) is 0 Å². The van der Waals surface area contributed by atoms with E-state index in [4.69, 9.17) is 4.74 Å². The van der Waals surface area contributed by atoms with Gasteiger partial charge in [-0.15, -0.1) is 0 Å². The molecule has 0 saturated heterocycles. The molecular formula is C19H15NO2. The van der Waals surface area contributed by atoms with Gasteiger partial charge in [-0.1, -0.05) is 60.7 Å². The zero-order valence-corrected chi connectivity index (χ0v) is 12.2. The van der Waals surface area contributed by atoms with Gasteiger partial charge >= 0.3 is 5.97 Å². The number of hydrogen-bond acceptors (Lipinski definition) is 3. The predicted octanol–water partition coefficient (Wildman–Crippen LogP) is 4.20. The number of hydrogen-bond donors (Lipinski definition) is 0. The Balaban J connectivity index is 2.17. The maximum absolute atomic E-state index is 11.9. The molecule has 3 rings (SSSR count). The van der Waals surface area contributed by atoms with Crippen LogP contribution >= 0.6 is 0 Å². The predicted molar refractivity (Wildman–Crippen MR) is 86.4 cm³/mol. The lowest BCUT2D eigenvalue weighted by molar-refractivity contribution is 0.0600. The molecule has 0 spiro atoms. The average molecular weight is 289 g/mol. The summed E-state index contributed by atoms with van der Waals surface area (Å²) in [7, 11) is 1.38. The first-order chi connectivity index (χ1) is 10.8. The normalized spacial score (nSPS) is 10.2. The van der Waals surface area contributed by atoms with Gasteiger partial charge in [-0.3, -0.25) is 0 Å².